The third-order valence-electron chi connectivity index (χ3n) is 2.21. The second-order valence-corrected chi connectivity index (χ2v) is 3.25. The van der Waals surface area contributed by atoms with Gasteiger partial charge in [-0.25, -0.2) is 4.79 Å². The number of carbonyl (C=O) groups excluding carboxylic acids is 1. The van der Waals surface area contributed by atoms with E-state index >= 15 is 0 Å². The third kappa shape index (κ3) is 1.82. The molecule has 0 unspecified atom stereocenters. The summed E-state index contributed by atoms with van der Waals surface area (Å²) >= 11 is 0. The number of carbonyl (C=O) groups is 1. The number of rotatable bonds is 2. The predicted molar refractivity (Wildman–Crippen MR) is 58.8 cm³/mol. The van der Waals surface area contributed by atoms with Gasteiger partial charge in [-0.15, -0.1) is 0 Å². The molecule has 1 N–H and O–H groups in total. The van der Waals surface area contributed by atoms with Crippen LogP contribution in [0.1, 0.15) is 16.1 Å². The number of H-pyrrole nitrogens is 1. The molecule has 1 aromatic carbocycles. The van der Waals surface area contributed by atoms with Crippen LogP contribution in [0.15, 0.2) is 30.3 Å². The molecule has 1 aromatic heterocycles. The topological polar surface area (TPSA) is 55.0 Å². The molecule has 0 saturated carbocycles. The van der Waals surface area contributed by atoms with E-state index in [4.69, 9.17) is 11.7 Å². The number of aromatic nitrogens is 2. The molecule has 4 heteroatoms. The first-order valence-corrected chi connectivity index (χ1v) is 4.71. The van der Waals surface area contributed by atoms with E-state index in [0.29, 0.717) is 22.5 Å². The molecule has 80 valence electrons. The van der Waals surface area contributed by atoms with E-state index in [0.717, 1.165) is 0 Å². The Morgan fingerprint density at radius 3 is 2.81 bits per heavy atom. The average molecular weight is 214 g/mol. The van der Waals surface area contributed by atoms with Gasteiger partial charge in [0.05, 0.1) is 18.4 Å². The van der Waals surface area contributed by atoms with Gasteiger partial charge < -0.3 is 4.74 Å². The first kappa shape index (κ1) is 10.4. The number of nitrogens with one attached hydrogen (secondary N) is 1. The summed E-state index contributed by atoms with van der Waals surface area (Å²) in [6, 6.07) is 8.74. The molecule has 2 radical (unpaired) electrons. The molecular weight excluding hydrogens is 204 g/mol. The maximum Gasteiger partial charge on any atom is 0.338 e. The van der Waals surface area contributed by atoms with E-state index < -0.39 is 5.97 Å². The van der Waals surface area contributed by atoms with Crippen LogP contribution in [-0.2, 0) is 4.74 Å². The second-order valence-electron chi connectivity index (χ2n) is 3.25. The maximum atomic E-state index is 11.5. The fourth-order valence-corrected chi connectivity index (χ4v) is 1.47. The van der Waals surface area contributed by atoms with Crippen LogP contribution in [0.25, 0.3) is 11.3 Å². The van der Waals surface area contributed by atoms with Gasteiger partial charge in [0.1, 0.15) is 0 Å². The van der Waals surface area contributed by atoms with Gasteiger partial charge in [0.15, 0.2) is 0 Å². The van der Waals surface area contributed by atoms with Gasteiger partial charge in [0, 0.05) is 18.2 Å². The van der Waals surface area contributed by atoms with Crippen LogP contribution in [-0.4, -0.2) is 23.3 Å². The minimum Gasteiger partial charge on any atom is -0.465 e. The quantitative estimate of drug-likeness (QED) is 0.777. The number of hydrogen-bond donors (Lipinski definition) is 1. The molecule has 0 aliphatic carbocycles. The van der Waals surface area contributed by atoms with Gasteiger partial charge in [-0.2, -0.15) is 5.10 Å². The number of aromatic amines is 1. The first-order chi connectivity index (χ1) is 7.72. The summed E-state index contributed by atoms with van der Waals surface area (Å²) < 4.78 is 4.70. The number of methoxy groups -OCH3 is 1. The molecule has 0 bridgehead atoms. The Bertz CT molecular complexity index is 517. The van der Waals surface area contributed by atoms with Crippen molar-refractivity contribution in [3.05, 3.63) is 48.5 Å². The minimum absolute atomic E-state index is 0.392. The van der Waals surface area contributed by atoms with Crippen molar-refractivity contribution >= 4 is 5.97 Å². The van der Waals surface area contributed by atoms with Crippen molar-refractivity contribution in [1.82, 2.24) is 10.2 Å². The molecule has 0 fully saturated rings. The van der Waals surface area contributed by atoms with E-state index in [1.165, 1.54) is 7.11 Å². The van der Waals surface area contributed by atoms with Crippen molar-refractivity contribution in [2.75, 3.05) is 7.11 Å². The molecule has 0 atom stereocenters. The zero-order chi connectivity index (χ0) is 11.5. The molecule has 2 rings (SSSR count). The monoisotopic (exact) mass is 214 g/mol. The summed E-state index contributed by atoms with van der Waals surface area (Å²) in [6.45, 7) is 5.54. The zero-order valence-electron chi connectivity index (χ0n) is 8.73. The number of esters is 1. The Labute approximate surface area is 93.3 Å². The smallest absolute Gasteiger partial charge is 0.338 e. The first-order valence-electron chi connectivity index (χ1n) is 4.71. The maximum absolute atomic E-state index is 11.5. The molecule has 1 heterocycles. The van der Waals surface area contributed by atoms with Crippen LogP contribution in [0.5, 0.6) is 0 Å². The van der Waals surface area contributed by atoms with Crippen molar-refractivity contribution in [1.29, 1.82) is 0 Å². The van der Waals surface area contributed by atoms with E-state index in [1.807, 2.05) is 6.07 Å². The SMILES string of the molecule is [CH]c1cc(-c2ccccc2C(=O)OC)n[nH]1. The zero-order valence-corrected chi connectivity index (χ0v) is 8.73. The lowest BCUT2D eigenvalue weighted by atomic mass is 10.0. The van der Waals surface area contributed by atoms with Crippen LogP contribution in [0.4, 0.5) is 0 Å². The Hall–Kier alpha value is -2.10. The molecule has 4 nitrogen and oxygen atoms in total. The minimum atomic E-state index is -0.392. The molecule has 0 saturated heterocycles. The van der Waals surface area contributed by atoms with Crippen molar-refractivity contribution in [3.63, 3.8) is 0 Å². The summed E-state index contributed by atoms with van der Waals surface area (Å²) in [5, 5.41) is 6.63. The van der Waals surface area contributed by atoms with Crippen molar-refractivity contribution < 1.29 is 9.53 Å². The third-order valence-corrected chi connectivity index (χ3v) is 2.21. The molecular formula is C12H10N2O2. The second kappa shape index (κ2) is 4.18. The van der Waals surface area contributed by atoms with E-state index in [1.54, 1.807) is 24.3 Å². The summed E-state index contributed by atoms with van der Waals surface area (Å²) in [4.78, 5) is 11.5. The van der Waals surface area contributed by atoms with Gasteiger partial charge >= 0.3 is 5.97 Å². The van der Waals surface area contributed by atoms with Gasteiger partial charge in [0.2, 0.25) is 0 Å². The molecule has 16 heavy (non-hydrogen) atoms. The highest BCUT2D eigenvalue weighted by Crippen LogP contribution is 2.22. The highest BCUT2D eigenvalue weighted by atomic mass is 16.5. The molecule has 0 spiro atoms. The average Bonchev–Trinajstić information content (AvgIpc) is 2.75. The highest BCUT2D eigenvalue weighted by Gasteiger charge is 2.13. The predicted octanol–water partition coefficient (Wildman–Crippen LogP) is 1.92. The Morgan fingerprint density at radius 1 is 1.44 bits per heavy atom. The lowest BCUT2D eigenvalue weighted by Gasteiger charge is -2.04. The number of benzene rings is 1. The van der Waals surface area contributed by atoms with E-state index in [9.17, 15) is 4.79 Å². The van der Waals surface area contributed by atoms with Crippen molar-refractivity contribution in [3.8, 4) is 11.3 Å². The summed E-state index contributed by atoms with van der Waals surface area (Å²) in [5.74, 6) is -0.392. The standard InChI is InChI=1S/C12H10N2O2/c1-8-7-11(14-13-8)9-5-3-4-6-10(9)12(15)16-2/h1,3-7H,2H3,(H,13,14). The van der Waals surface area contributed by atoms with Gasteiger partial charge in [-0.1, -0.05) is 18.2 Å². The Morgan fingerprint density at radius 2 is 2.19 bits per heavy atom. The fourth-order valence-electron chi connectivity index (χ4n) is 1.47. The van der Waals surface area contributed by atoms with Gasteiger partial charge in [-0.3, -0.25) is 5.10 Å². The van der Waals surface area contributed by atoms with E-state index in [2.05, 4.69) is 10.2 Å². The number of hydrogen-bond acceptors (Lipinski definition) is 3. The largest absolute Gasteiger partial charge is 0.465 e. The number of ether oxygens (including phenoxy) is 1. The van der Waals surface area contributed by atoms with Gasteiger partial charge in [-0.05, 0) is 12.1 Å². The summed E-state index contributed by atoms with van der Waals surface area (Å²) in [6.07, 6.45) is 0. The summed E-state index contributed by atoms with van der Waals surface area (Å²) in [7, 11) is 1.35. The van der Waals surface area contributed by atoms with Crippen LogP contribution in [0.2, 0.25) is 0 Å². The van der Waals surface area contributed by atoms with Crippen LogP contribution >= 0.6 is 0 Å². The lowest BCUT2D eigenvalue weighted by molar-refractivity contribution is 0.0601. The molecule has 2 aromatic rings. The van der Waals surface area contributed by atoms with Crippen LogP contribution < -0.4 is 0 Å². The normalized spacial score (nSPS) is 10.1. The lowest BCUT2D eigenvalue weighted by Crippen LogP contribution is -2.03. The van der Waals surface area contributed by atoms with Crippen LogP contribution in [0.3, 0.4) is 0 Å². The van der Waals surface area contributed by atoms with Crippen molar-refractivity contribution in [2.45, 2.75) is 0 Å². The fraction of sp³-hybridized carbons (Fsp3) is 0.0833. The molecule has 0 amide bonds. The highest BCUT2D eigenvalue weighted by molar-refractivity contribution is 5.96. The molecule has 0 aliphatic rings. The van der Waals surface area contributed by atoms with Crippen molar-refractivity contribution in [2.24, 2.45) is 0 Å². The Kier molecular flexibility index (Phi) is 2.72. The van der Waals surface area contributed by atoms with Gasteiger partial charge in [0.25, 0.3) is 0 Å². The van der Waals surface area contributed by atoms with E-state index in [-0.39, 0.29) is 0 Å². The number of nitrogens with zero attached hydrogens (tertiary/aromatic N) is 1. The Balaban J connectivity index is 2.52. The van der Waals surface area contributed by atoms with Crippen LogP contribution in [0, 0.1) is 6.92 Å². The summed E-state index contributed by atoms with van der Waals surface area (Å²) in [5.41, 5.74) is 2.24. The molecule has 0 aliphatic heterocycles.